The summed E-state index contributed by atoms with van der Waals surface area (Å²) in [5.74, 6) is 0. The minimum atomic E-state index is 0.964. The summed E-state index contributed by atoms with van der Waals surface area (Å²) < 4.78 is 1.79. The monoisotopic (exact) mass is 227 g/mol. The molecule has 0 fully saturated rings. The Labute approximate surface area is 96.7 Å². The van der Waals surface area contributed by atoms with Crippen molar-refractivity contribution in [3.05, 3.63) is 53.0 Å². The molecule has 2 heterocycles. The number of rotatable bonds is 2. The van der Waals surface area contributed by atoms with E-state index in [9.17, 15) is 0 Å². The first kappa shape index (κ1) is 9.30. The van der Waals surface area contributed by atoms with E-state index in [4.69, 9.17) is 0 Å². The van der Waals surface area contributed by atoms with Gasteiger partial charge >= 0.3 is 0 Å². The molecule has 1 aromatic carbocycles. The Morgan fingerprint density at radius 3 is 3.00 bits per heavy atom. The highest BCUT2D eigenvalue weighted by molar-refractivity contribution is 7.11. The molecule has 3 rings (SSSR count). The van der Waals surface area contributed by atoms with Crippen LogP contribution in [0.2, 0.25) is 0 Å². The van der Waals surface area contributed by atoms with Crippen molar-refractivity contribution in [3.63, 3.8) is 0 Å². The van der Waals surface area contributed by atoms with Gasteiger partial charge in [-0.25, -0.2) is 9.66 Å². The first-order valence-electron chi connectivity index (χ1n) is 4.93. The van der Waals surface area contributed by atoms with Crippen molar-refractivity contribution >= 4 is 28.6 Å². The molecule has 0 radical (unpaired) electrons. The lowest BCUT2D eigenvalue weighted by molar-refractivity contribution is 0.915. The second-order valence-corrected chi connectivity index (χ2v) is 4.32. The van der Waals surface area contributed by atoms with Gasteiger partial charge < -0.3 is 0 Å². The molecule has 3 aromatic rings. The Morgan fingerprint density at radius 1 is 1.19 bits per heavy atom. The number of benzene rings is 1. The minimum Gasteiger partial charge on any atom is -0.235 e. The highest BCUT2D eigenvalue weighted by Crippen LogP contribution is 2.12. The van der Waals surface area contributed by atoms with Gasteiger partial charge in [0.15, 0.2) is 0 Å². The second kappa shape index (κ2) is 3.90. The van der Waals surface area contributed by atoms with Crippen LogP contribution in [0.4, 0.5) is 0 Å². The molecule has 0 unspecified atom stereocenters. The molecule has 0 saturated carbocycles. The zero-order valence-corrected chi connectivity index (χ0v) is 9.26. The molecule has 4 heteroatoms. The number of hydrogen-bond acceptors (Lipinski definition) is 3. The van der Waals surface area contributed by atoms with Crippen LogP contribution in [0.25, 0.3) is 11.0 Å². The summed E-state index contributed by atoms with van der Waals surface area (Å²) in [6, 6.07) is 12.0. The van der Waals surface area contributed by atoms with E-state index in [2.05, 4.69) is 10.1 Å². The third-order valence-corrected chi connectivity index (χ3v) is 3.09. The van der Waals surface area contributed by atoms with Gasteiger partial charge in [-0.05, 0) is 23.6 Å². The van der Waals surface area contributed by atoms with Crippen LogP contribution in [-0.2, 0) is 0 Å². The summed E-state index contributed by atoms with van der Waals surface area (Å²) in [6.45, 7) is 0. The van der Waals surface area contributed by atoms with Gasteiger partial charge in [-0.3, -0.25) is 0 Å². The van der Waals surface area contributed by atoms with Crippen molar-refractivity contribution in [2.45, 2.75) is 0 Å². The first-order chi connectivity index (χ1) is 7.93. The number of nitrogens with zero attached hydrogens (tertiary/aromatic N) is 3. The van der Waals surface area contributed by atoms with Crippen molar-refractivity contribution in [2.75, 3.05) is 0 Å². The minimum absolute atomic E-state index is 0.964. The molecule has 0 saturated heterocycles. The number of para-hydroxylation sites is 2. The molecule has 16 heavy (non-hydrogen) atoms. The lowest BCUT2D eigenvalue weighted by Crippen LogP contribution is -1.86. The Bertz CT molecular complexity index is 623. The molecular formula is C12H9N3S. The van der Waals surface area contributed by atoms with Crippen LogP contribution < -0.4 is 0 Å². The van der Waals surface area contributed by atoms with E-state index in [0.29, 0.717) is 0 Å². The lowest BCUT2D eigenvalue weighted by Gasteiger charge is -1.93. The van der Waals surface area contributed by atoms with Crippen molar-refractivity contribution in [2.24, 2.45) is 5.10 Å². The maximum atomic E-state index is 4.38. The fourth-order valence-corrected chi connectivity index (χ4v) is 2.10. The van der Waals surface area contributed by atoms with Gasteiger partial charge in [0.05, 0.1) is 17.2 Å². The predicted octanol–water partition coefficient (Wildman–Crippen LogP) is 2.98. The van der Waals surface area contributed by atoms with E-state index in [-0.39, 0.29) is 0 Å². The highest BCUT2D eigenvalue weighted by Gasteiger charge is 1.98. The molecule has 0 aliphatic carbocycles. The first-order valence-corrected chi connectivity index (χ1v) is 5.81. The Kier molecular flexibility index (Phi) is 2.27. The fourth-order valence-electron chi connectivity index (χ4n) is 1.52. The summed E-state index contributed by atoms with van der Waals surface area (Å²) in [5, 5.41) is 6.41. The average molecular weight is 227 g/mol. The molecular weight excluding hydrogens is 218 g/mol. The van der Waals surface area contributed by atoms with Gasteiger partial charge in [-0.1, -0.05) is 18.2 Å². The van der Waals surface area contributed by atoms with Gasteiger partial charge in [0, 0.05) is 4.88 Å². The van der Waals surface area contributed by atoms with E-state index in [0.717, 1.165) is 15.9 Å². The third-order valence-electron chi connectivity index (χ3n) is 2.29. The van der Waals surface area contributed by atoms with Crippen LogP contribution in [0, 0.1) is 0 Å². The van der Waals surface area contributed by atoms with Gasteiger partial charge in [0.25, 0.3) is 0 Å². The van der Waals surface area contributed by atoms with Gasteiger partial charge in [0.2, 0.25) is 0 Å². The van der Waals surface area contributed by atoms with Crippen LogP contribution >= 0.6 is 11.3 Å². The average Bonchev–Trinajstić information content (AvgIpc) is 2.96. The molecule has 0 bridgehead atoms. The van der Waals surface area contributed by atoms with Gasteiger partial charge in [-0.2, -0.15) is 5.10 Å². The van der Waals surface area contributed by atoms with Gasteiger partial charge in [0.1, 0.15) is 6.33 Å². The summed E-state index contributed by atoms with van der Waals surface area (Å²) in [7, 11) is 0. The summed E-state index contributed by atoms with van der Waals surface area (Å²) in [5.41, 5.74) is 1.99. The van der Waals surface area contributed by atoms with Crippen LogP contribution in [-0.4, -0.2) is 15.9 Å². The maximum absolute atomic E-state index is 4.38. The Balaban J connectivity index is 2.01. The maximum Gasteiger partial charge on any atom is 0.118 e. The van der Waals surface area contributed by atoms with Crippen LogP contribution in [0.3, 0.4) is 0 Å². The van der Waals surface area contributed by atoms with Crippen LogP contribution in [0.5, 0.6) is 0 Å². The number of aromatic nitrogens is 2. The fraction of sp³-hybridized carbons (Fsp3) is 0. The molecule has 0 N–H and O–H groups in total. The Hall–Kier alpha value is -1.94. The Morgan fingerprint density at radius 2 is 2.12 bits per heavy atom. The SMILES string of the molecule is C(=N\n1cnc2ccccc21)/c1cccs1. The summed E-state index contributed by atoms with van der Waals surface area (Å²) in [6.07, 6.45) is 3.58. The predicted molar refractivity (Wildman–Crippen MR) is 67.0 cm³/mol. The standard InChI is InChI=1S/C12H9N3S/c1-2-6-12-11(5-1)13-9-15(12)14-8-10-4-3-7-16-10/h1-9H/b14-8+. The molecule has 0 amide bonds. The number of thiophene rings is 1. The second-order valence-electron chi connectivity index (χ2n) is 3.34. The van der Waals surface area contributed by atoms with Crippen molar-refractivity contribution in [1.29, 1.82) is 0 Å². The molecule has 0 aliphatic rings. The molecule has 0 aliphatic heterocycles. The topological polar surface area (TPSA) is 30.2 Å². The number of imidazole rings is 1. The number of fused-ring (bicyclic) bond motifs is 1. The van der Waals surface area contributed by atoms with Crippen molar-refractivity contribution < 1.29 is 0 Å². The van der Waals surface area contributed by atoms with E-state index in [1.165, 1.54) is 0 Å². The van der Waals surface area contributed by atoms with Crippen molar-refractivity contribution in [1.82, 2.24) is 9.66 Å². The smallest absolute Gasteiger partial charge is 0.118 e. The zero-order valence-electron chi connectivity index (χ0n) is 8.45. The quantitative estimate of drug-likeness (QED) is 0.619. The van der Waals surface area contributed by atoms with Crippen LogP contribution in [0.1, 0.15) is 4.88 Å². The van der Waals surface area contributed by atoms with Crippen LogP contribution in [0.15, 0.2) is 53.2 Å². The largest absolute Gasteiger partial charge is 0.235 e. The molecule has 0 atom stereocenters. The zero-order chi connectivity index (χ0) is 10.8. The highest BCUT2D eigenvalue weighted by atomic mass is 32.1. The molecule has 0 spiro atoms. The van der Waals surface area contributed by atoms with E-state index >= 15 is 0 Å². The van der Waals surface area contributed by atoms with E-state index in [1.807, 2.05) is 48.0 Å². The van der Waals surface area contributed by atoms with E-state index in [1.54, 1.807) is 22.3 Å². The molecule has 3 nitrogen and oxygen atoms in total. The van der Waals surface area contributed by atoms with E-state index < -0.39 is 0 Å². The summed E-state index contributed by atoms with van der Waals surface area (Å²) >= 11 is 1.67. The molecule has 2 aromatic heterocycles. The lowest BCUT2D eigenvalue weighted by atomic mass is 10.3. The normalized spacial score (nSPS) is 11.5. The molecule has 78 valence electrons. The summed E-state index contributed by atoms with van der Waals surface area (Å²) in [4.78, 5) is 5.41. The van der Waals surface area contributed by atoms with Crippen molar-refractivity contribution in [3.8, 4) is 0 Å². The third kappa shape index (κ3) is 1.63. The number of hydrogen-bond donors (Lipinski definition) is 0. The van der Waals surface area contributed by atoms with Gasteiger partial charge in [-0.15, -0.1) is 11.3 Å².